The number of hydrogen-bond acceptors (Lipinski definition) is 1. The molecule has 0 amide bonds. The Morgan fingerprint density at radius 1 is 0.415 bits per heavy atom. The fourth-order valence-corrected chi connectivity index (χ4v) is 9.05. The van der Waals surface area contributed by atoms with Crippen LogP contribution in [0.15, 0.2) is 180 Å². The molecule has 250 valence electrons. The summed E-state index contributed by atoms with van der Waals surface area (Å²) in [5.74, 6) is 0. The molecule has 0 atom stereocenters. The molecule has 0 fully saturated rings. The van der Waals surface area contributed by atoms with Crippen molar-refractivity contribution in [1.82, 2.24) is 4.57 Å². The van der Waals surface area contributed by atoms with Crippen LogP contribution in [0, 0.1) is 0 Å². The van der Waals surface area contributed by atoms with Gasteiger partial charge in [-0.2, -0.15) is 0 Å². The number of fused-ring (bicyclic) bond motifs is 10. The van der Waals surface area contributed by atoms with Crippen molar-refractivity contribution in [2.45, 2.75) is 19.3 Å². The predicted molar refractivity (Wildman–Crippen MR) is 222 cm³/mol. The Hall–Kier alpha value is -6.64. The number of aromatic nitrogens is 1. The Balaban J connectivity index is 1.07. The molecule has 0 bridgehead atoms. The second-order valence-corrected chi connectivity index (χ2v) is 14.9. The summed E-state index contributed by atoms with van der Waals surface area (Å²) in [5, 5.41) is 4.92. The van der Waals surface area contributed by atoms with Crippen molar-refractivity contribution in [3.63, 3.8) is 0 Å². The first kappa shape index (κ1) is 30.0. The van der Waals surface area contributed by atoms with E-state index in [1.54, 1.807) is 0 Å². The number of furan rings is 1. The number of hydrogen-bond donors (Lipinski definition) is 0. The van der Waals surface area contributed by atoms with Gasteiger partial charge >= 0.3 is 0 Å². The summed E-state index contributed by atoms with van der Waals surface area (Å²) in [6.07, 6.45) is 0. The topological polar surface area (TPSA) is 18.1 Å². The monoisotopic (exact) mass is 677 g/mol. The minimum Gasteiger partial charge on any atom is -0.456 e. The third-order valence-electron chi connectivity index (χ3n) is 11.6. The molecule has 11 rings (SSSR count). The van der Waals surface area contributed by atoms with Gasteiger partial charge in [0.2, 0.25) is 0 Å². The highest BCUT2D eigenvalue weighted by molar-refractivity contribution is 6.12. The highest BCUT2D eigenvalue weighted by atomic mass is 16.3. The van der Waals surface area contributed by atoms with Crippen molar-refractivity contribution < 1.29 is 4.42 Å². The van der Waals surface area contributed by atoms with E-state index < -0.39 is 0 Å². The number of benzene rings is 8. The van der Waals surface area contributed by atoms with E-state index in [2.05, 4.69) is 194 Å². The molecular weight excluding hydrogens is 643 g/mol. The first-order chi connectivity index (χ1) is 26.0. The summed E-state index contributed by atoms with van der Waals surface area (Å²) in [6.45, 7) is 4.73. The van der Waals surface area contributed by atoms with Crippen molar-refractivity contribution >= 4 is 43.7 Å². The van der Waals surface area contributed by atoms with Gasteiger partial charge in [-0.25, -0.2) is 0 Å². The van der Waals surface area contributed by atoms with E-state index in [1.807, 2.05) is 0 Å². The van der Waals surface area contributed by atoms with Crippen molar-refractivity contribution in [3.8, 4) is 50.2 Å². The molecule has 1 aliphatic carbocycles. The molecule has 0 aliphatic heterocycles. The molecule has 2 nitrogen and oxygen atoms in total. The molecule has 0 spiro atoms. The van der Waals surface area contributed by atoms with Crippen LogP contribution < -0.4 is 0 Å². The average molecular weight is 678 g/mol. The first-order valence-electron chi connectivity index (χ1n) is 18.4. The Morgan fingerprint density at radius 3 is 1.68 bits per heavy atom. The Bertz CT molecular complexity index is 2970. The number of rotatable bonds is 4. The Kier molecular flexibility index (Phi) is 6.33. The van der Waals surface area contributed by atoms with Crippen molar-refractivity contribution in [2.75, 3.05) is 0 Å². The third kappa shape index (κ3) is 4.45. The van der Waals surface area contributed by atoms with Crippen LogP contribution in [-0.2, 0) is 5.41 Å². The molecule has 2 aromatic heterocycles. The van der Waals surface area contributed by atoms with E-state index in [1.165, 1.54) is 88.2 Å². The van der Waals surface area contributed by atoms with Gasteiger partial charge in [0.1, 0.15) is 11.2 Å². The van der Waals surface area contributed by atoms with Gasteiger partial charge in [-0.1, -0.05) is 135 Å². The second kappa shape index (κ2) is 11.2. The minimum atomic E-state index is -0.190. The molecule has 8 aromatic carbocycles. The molecule has 0 saturated heterocycles. The third-order valence-corrected chi connectivity index (χ3v) is 11.6. The van der Waals surface area contributed by atoms with Gasteiger partial charge in [-0.05, 0) is 110 Å². The van der Waals surface area contributed by atoms with Crippen molar-refractivity contribution in [1.29, 1.82) is 0 Å². The van der Waals surface area contributed by atoms with Crippen LogP contribution in [0.3, 0.4) is 0 Å². The van der Waals surface area contributed by atoms with Crippen LogP contribution in [0.2, 0.25) is 0 Å². The Labute approximate surface area is 308 Å². The van der Waals surface area contributed by atoms with E-state index in [9.17, 15) is 0 Å². The molecule has 53 heavy (non-hydrogen) atoms. The summed E-state index contributed by atoms with van der Waals surface area (Å²) in [4.78, 5) is 0. The quantitative estimate of drug-likeness (QED) is 0.181. The van der Waals surface area contributed by atoms with Crippen molar-refractivity contribution in [3.05, 3.63) is 187 Å². The van der Waals surface area contributed by atoms with E-state index in [0.717, 1.165) is 16.9 Å². The van der Waals surface area contributed by atoms with E-state index >= 15 is 0 Å². The lowest BCUT2D eigenvalue weighted by atomic mass is 9.80. The first-order valence-corrected chi connectivity index (χ1v) is 18.4. The molecule has 1 aliphatic rings. The van der Waals surface area contributed by atoms with Gasteiger partial charge in [-0.15, -0.1) is 0 Å². The SMILES string of the molecule is CC1(C)c2cc(-c3cccc(-n4c5ccc(-c6ccccc6)cc5c5cc(-c6ccccc6)ccc54)c3)ccc2-c2ccc3oc4ccccc4c3c21. The normalized spacial score (nSPS) is 13.2. The van der Waals surface area contributed by atoms with Crippen LogP contribution in [-0.4, -0.2) is 4.57 Å². The lowest BCUT2D eigenvalue weighted by molar-refractivity contribution is 0.657. The summed E-state index contributed by atoms with van der Waals surface area (Å²) >= 11 is 0. The maximum absolute atomic E-state index is 6.33. The van der Waals surface area contributed by atoms with Gasteiger partial charge in [0.15, 0.2) is 0 Å². The predicted octanol–water partition coefficient (Wildman–Crippen LogP) is 14.0. The largest absolute Gasteiger partial charge is 0.456 e. The molecule has 2 heterocycles. The molecule has 0 N–H and O–H groups in total. The summed E-state index contributed by atoms with van der Waals surface area (Å²) < 4.78 is 8.76. The van der Waals surface area contributed by atoms with Gasteiger partial charge in [0.05, 0.1) is 11.0 Å². The molecular formula is C51H35NO. The highest BCUT2D eigenvalue weighted by Crippen LogP contribution is 2.53. The van der Waals surface area contributed by atoms with Crippen LogP contribution in [0.25, 0.3) is 93.9 Å². The highest BCUT2D eigenvalue weighted by Gasteiger charge is 2.38. The smallest absolute Gasteiger partial charge is 0.135 e. The standard InChI is InChI=1S/C51H35NO/c1-51(2)44-31-37(20-23-39(44)40-24-27-48-49(50(40)51)41-18-9-10-19-47(41)53-48)34-16-11-17-38(28-34)52-45-25-21-35(32-12-5-3-6-13-32)29-42(45)43-30-36(22-26-46(43)52)33-14-7-4-8-15-33/h3-31H,1-2H3. The average Bonchev–Trinajstić information content (AvgIpc) is 3.83. The number of para-hydroxylation sites is 1. The van der Waals surface area contributed by atoms with Gasteiger partial charge in [-0.3, -0.25) is 0 Å². The van der Waals surface area contributed by atoms with Crippen LogP contribution >= 0.6 is 0 Å². The lowest BCUT2D eigenvalue weighted by Crippen LogP contribution is -2.15. The van der Waals surface area contributed by atoms with E-state index in [0.29, 0.717) is 0 Å². The second-order valence-electron chi connectivity index (χ2n) is 14.9. The molecule has 2 heteroatoms. The van der Waals surface area contributed by atoms with Gasteiger partial charge in [0.25, 0.3) is 0 Å². The van der Waals surface area contributed by atoms with Crippen LogP contribution in [0.5, 0.6) is 0 Å². The van der Waals surface area contributed by atoms with E-state index in [4.69, 9.17) is 4.42 Å². The zero-order valence-corrected chi connectivity index (χ0v) is 29.6. The fraction of sp³-hybridized carbons (Fsp3) is 0.0588. The minimum absolute atomic E-state index is 0.190. The molecule has 0 saturated carbocycles. The van der Waals surface area contributed by atoms with Crippen LogP contribution in [0.1, 0.15) is 25.0 Å². The molecule has 10 aromatic rings. The summed E-state index contributed by atoms with van der Waals surface area (Å²) in [6, 6.07) is 64.1. The maximum atomic E-state index is 6.33. The summed E-state index contributed by atoms with van der Waals surface area (Å²) in [7, 11) is 0. The maximum Gasteiger partial charge on any atom is 0.135 e. The molecule has 0 unspecified atom stereocenters. The van der Waals surface area contributed by atoms with E-state index in [-0.39, 0.29) is 5.41 Å². The van der Waals surface area contributed by atoms with Crippen LogP contribution in [0.4, 0.5) is 0 Å². The lowest BCUT2D eigenvalue weighted by Gasteiger charge is -2.23. The van der Waals surface area contributed by atoms with Gasteiger partial charge in [0, 0.05) is 32.6 Å². The van der Waals surface area contributed by atoms with Gasteiger partial charge < -0.3 is 8.98 Å². The number of nitrogens with zero attached hydrogens (tertiary/aromatic N) is 1. The fourth-order valence-electron chi connectivity index (χ4n) is 9.05. The summed E-state index contributed by atoms with van der Waals surface area (Å²) in [5.41, 5.74) is 17.9. The van der Waals surface area contributed by atoms with Crippen molar-refractivity contribution in [2.24, 2.45) is 0 Å². The molecule has 0 radical (unpaired) electrons. The zero-order chi connectivity index (χ0) is 35.3. The zero-order valence-electron chi connectivity index (χ0n) is 29.6. The Morgan fingerprint density at radius 2 is 0.981 bits per heavy atom.